The Kier molecular flexibility index (Phi) is 8.10. The molecular weight excluding hydrogens is 208 g/mol. The van der Waals surface area contributed by atoms with Gasteiger partial charge in [0.05, 0.1) is 6.54 Å². The lowest BCUT2D eigenvalue weighted by Crippen LogP contribution is -2.44. The minimum absolute atomic E-state index is 0.198. The molecule has 0 saturated carbocycles. The topological polar surface area (TPSA) is 73.5 Å². The molecule has 0 aromatic carbocycles. The molecule has 0 aromatic rings. The summed E-state index contributed by atoms with van der Waals surface area (Å²) in [4.78, 5) is 24.2. The molecular formula is C10H20N4O2. The summed E-state index contributed by atoms with van der Waals surface area (Å²) in [6.07, 6.45) is 1.54. The third-order valence-electron chi connectivity index (χ3n) is 1.82. The van der Waals surface area contributed by atoms with Gasteiger partial charge in [0.15, 0.2) is 0 Å². The Bertz CT molecular complexity index is 243. The Morgan fingerprint density at radius 3 is 2.69 bits per heavy atom. The van der Waals surface area contributed by atoms with Gasteiger partial charge in [-0.05, 0) is 14.1 Å². The highest BCUT2D eigenvalue weighted by molar-refractivity contribution is 5.95. The number of likely N-dealkylation sites (N-methyl/N-ethyl adjacent to an activating group) is 2. The van der Waals surface area contributed by atoms with Crippen LogP contribution in [0.3, 0.4) is 0 Å². The largest absolute Gasteiger partial charge is 0.334 e. The molecule has 0 aliphatic carbocycles. The van der Waals surface area contributed by atoms with Crippen molar-refractivity contribution in [2.45, 2.75) is 0 Å². The van der Waals surface area contributed by atoms with Crippen molar-refractivity contribution in [3.05, 3.63) is 12.7 Å². The fourth-order valence-electron chi connectivity index (χ4n) is 1.00. The van der Waals surface area contributed by atoms with E-state index < -0.39 is 6.03 Å². The predicted molar refractivity (Wildman–Crippen MR) is 63.2 cm³/mol. The van der Waals surface area contributed by atoms with E-state index in [1.54, 1.807) is 6.08 Å². The van der Waals surface area contributed by atoms with Crippen molar-refractivity contribution in [2.24, 2.45) is 0 Å². The maximum absolute atomic E-state index is 11.3. The van der Waals surface area contributed by atoms with Crippen molar-refractivity contribution in [2.75, 3.05) is 40.3 Å². The van der Waals surface area contributed by atoms with Crippen molar-refractivity contribution in [3.8, 4) is 0 Å². The first kappa shape index (κ1) is 14.6. The van der Waals surface area contributed by atoms with E-state index in [2.05, 4.69) is 22.5 Å². The Labute approximate surface area is 96.1 Å². The van der Waals surface area contributed by atoms with Crippen molar-refractivity contribution in [1.82, 2.24) is 20.9 Å². The van der Waals surface area contributed by atoms with Gasteiger partial charge in [-0.1, -0.05) is 6.08 Å². The highest BCUT2D eigenvalue weighted by Gasteiger charge is 2.08. The molecule has 92 valence electrons. The molecule has 0 saturated heterocycles. The van der Waals surface area contributed by atoms with Crippen LogP contribution in [0.2, 0.25) is 0 Å². The summed E-state index contributed by atoms with van der Waals surface area (Å²) < 4.78 is 0. The normalized spacial score (nSPS) is 9.94. The second-order valence-electron chi connectivity index (χ2n) is 3.39. The number of urea groups is 1. The van der Waals surface area contributed by atoms with E-state index in [0.29, 0.717) is 6.54 Å². The van der Waals surface area contributed by atoms with E-state index in [9.17, 15) is 9.59 Å². The van der Waals surface area contributed by atoms with Crippen molar-refractivity contribution >= 4 is 11.9 Å². The molecule has 0 fully saturated rings. The highest BCUT2D eigenvalue weighted by atomic mass is 16.2. The number of amides is 3. The van der Waals surface area contributed by atoms with Gasteiger partial charge in [-0.15, -0.1) is 6.58 Å². The zero-order chi connectivity index (χ0) is 12.4. The van der Waals surface area contributed by atoms with Crippen LogP contribution in [0.4, 0.5) is 4.79 Å². The van der Waals surface area contributed by atoms with Crippen LogP contribution in [0.5, 0.6) is 0 Å². The van der Waals surface area contributed by atoms with Crippen LogP contribution in [0.1, 0.15) is 0 Å². The molecule has 0 aromatic heterocycles. The number of imide groups is 1. The van der Waals surface area contributed by atoms with E-state index >= 15 is 0 Å². The van der Waals surface area contributed by atoms with E-state index in [1.165, 1.54) is 0 Å². The smallest absolute Gasteiger partial charge is 0.321 e. The first-order valence-electron chi connectivity index (χ1n) is 5.12. The minimum atomic E-state index is -0.494. The van der Waals surface area contributed by atoms with Crippen molar-refractivity contribution in [1.29, 1.82) is 0 Å². The van der Waals surface area contributed by atoms with Gasteiger partial charge < -0.3 is 10.6 Å². The summed E-state index contributed by atoms with van der Waals surface area (Å²) in [5, 5.41) is 7.66. The van der Waals surface area contributed by atoms with Crippen LogP contribution in [-0.4, -0.2) is 57.1 Å². The molecule has 3 amide bonds. The van der Waals surface area contributed by atoms with Crippen LogP contribution in [0.25, 0.3) is 0 Å². The molecule has 0 unspecified atom stereocenters. The molecule has 16 heavy (non-hydrogen) atoms. The fraction of sp³-hybridized carbons (Fsp3) is 0.600. The molecule has 0 rings (SSSR count). The van der Waals surface area contributed by atoms with Gasteiger partial charge in [0.1, 0.15) is 0 Å². The molecule has 0 heterocycles. The Balaban J connectivity index is 3.71. The van der Waals surface area contributed by atoms with Gasteiger partial charge >= 0.3 is 6.03 Å². The first-order valence-corrected chi connectivity index (χ1v) is 5.12. The second-order valence-corrected chi connectivity index (χ2v) is 3.39. The summed E-state index contributed by atoms with van der Waals surface area (Å²) in [7, 11) is 3.66. The quantitative estimate of drug-likeness (QED) is 0.496. The highest BCUT2D eigenvalue weighted by Crippen LogP contribution is 1.80. The Morgan fingerprint density at radius 2 is 2.12 bits per heavy atom. The summed E-state index contributed by atoms with van der Waals surface area (Å²) in [5.41, 5.74) is 0. The van der Waals surface area contributed by atoms with Gasteiger partial charge in [-0.3, -0.25) is 15.0 Å². The molecule has 0 bridgehead atoms. The lowest BCUT2D eigenvalue weighted by atomic mass is 10.5. The van der Waals surface area contributed by atoms with Crippen molar-refractivity contribution < 1.29 is 9.59 Å². The van der Waals surface area contributed by atoms with Crippen LogP contribution >= 0.6 is 0 Å². The molecule has 0 aliphatic rings. The lowest BCUT2D eigenvalue weighted by molar-refractivity contribution is -0.120. The van der Waals surface area contributed by atoms with Gasteiger partial charge in [-0.2, -0.15) is 0 Å². The number of hydrogen-bond acceptors (Lipinski definition) is 4. The average Bonchev–Trinajstić information content (AvgIpc) is 2.23. The standard InChI is InChI=1S/C10H20N4O2/c1-4-5-12-10(16)13-9(15)8-14(3)7-6-11-2/h4,11H,1,5-8H2,2-3H3,(H2,12,13,15,16). The Morgan fingerprint density at radius 1 is 1.44 bits per heavy atom. The Hall–Kier alpha value is -1.40. The molecule has 0 spiro atoms. The third-order valence-corrected chi connectivity index (χ3v) is 1.82. The number of carbonyl (C=O) groups is 2. The summed E-state index contributed by atoms with van der Waals surface area (Å²) in [6, 6.07) is -0.494. The maximum Gasteiger partial charge on any atom is 0.321 e. The third kappa shape index (κ3) is 7.95. The number of hydrogen-bond donors (Lipinski definition) is 3. The average molecular weight is 228 g/mol. The van der Waals surface area contributed by atoms with Gasteiger partial charge in [0, 0.05) is 19.6 Å². The number of carbonyl (C=O) groups excluding carboxylic acids is 2. The van der Waals surface area contributed by atoms with Gasteiger partial charge in [-0.25, -0.2) is 4.79 Å². The van der Waals surface area contributed by atoms with E-state index in [0.717, 1.165) is 13.1 Å². The molecule has 0 atom stereocenters. The van der Waals surface area contributed by atoms with Crippen LogP contribution in [0, 0.1) is 0 Å². The van der Waals surface area contributed by atoms with Gasteiger partial charge in [0.25, 0.3) is 0 Å². The molecule has 6 heteroatoms. The van der Waals surface area contributed by atoms with E-state index in [-0.39, 0.29) is 12.5 Å². The van der Waals surface area contributed by atoms with Crippen LogP contribution in [-0.2, 0) is 4.79 Å². The number of nitrogens with one attached hydrogen (secondary N) is 3. The van der Waals surface area contributed by atoms with Crippen LogP contribution in [0.15, 0.2) is 12.7 Å². The minimum Gasteiger partial charge on any atom is -0.334 e. The fourth-order valence-corrected chi connectivity index (χ4v) is 1.00. The number of nitrogens with zero attached hydrogens (tertiary/aromatic N) is 1. The summed E-state index contributed by atoms with van der Waals surface area (Å²) in [6.45, 7) is 5.54. The molecule has 6 nitrogen and oxygen atoms in total. The maximum atomic E-state index is 11.3. The first-order chi connectivity index (χ1) is 7.60. The van der Waals surface area contributed by atoms with Crippen molar-refractivity contribution in [3.63, 3.8) is 0 Å². The molecule has 3 N–H and O–H groups in total. The van der Waals surface area contributed by atoms with E-state index in [4.69, 9.17) is 0 Å². The van der Waals surface area contributed by atoms with E-state index in [1.807, 2.05) is 19.0 Å². The molecule has 0 radical (unpaired) electrons. The zero-order valence-corrected chi connectivity index (χ0v) is 9.88. The monoisotopic (exact) mass is 228 g/mol. The predicted octanol–water partition coefficient (Wildman–Crippen LogP) is -0.851. The van der Waals surface area contributed by atoms with Crippen LogP contribution < -0.4 is 16.0 Å². The second kappa shape index (κ2) is 8.87. The lowest BCUT2D eigenvalue weighted by Gasteiger charge is -2.15. The van der Waals surface area contributed by atoms with Gasteiger partial charge in [0.2, 0.25) is 5.91 Å². The number of rotatable bonds is 7. The zero-order valence-electron chi connectivity index (χ0n) is 9.88. The SMILES string of the molecule is C=CCNC(=O)NC(=O)CN(C)CCNC. The summed E-state index contributed by atoms with van der Waals surface area (Å²) >= 11 is 0. The summed E-state index contributed by atoms with van der Waals surface area (Å²) in [5.74, 6) is -0.319. The molecule has 0 aliphatic heterocycles.